The van der Waals surface area contributed by atoms with Crippen molar-refractivity contribution < 1.29 is 18.0 Å². The topological polar surface area (TPSA) is 110 Å². The summed E-state index contributed by atoms with van der Waals surface area (Å²) in [5.74, 6) is -2.32. The third kappa shape index (κ3) is 8.38. The van der Waals surface area contributed by atoms with Crippen LogP contribution in [0.2, 0.25) is 0 Å². The minimum absolute atomic E-state index is 0.0285. The second-order valence-corrected chi connectivity index (χ2v) is 15.6. The van der Waals surface area contributed by atoms with E-state index in [2.05, 4.69) is 71.0 Å². The van der Waals surface area contributed by atoms with Crippen molar-refractivity contribution in [2.75, 3.05) is 5.01 Å². The third-order valence-corrected chi connectivity index (χ3v) is 10.7. The molecule has 9 rings (SSSR count). The number of hydrogen-bond acceptors (Lipinski definition) is 7. The summed E-state index contributed by atoms with van der Waals surface area (Å²) >= 11 is 4.47. The van der Waals surface area contributed by atoms with Gasteiger partial charge in [0.2, 0.25) is 0 Å². The number of rotatable bonds is 8. The Kier molecular flexibility index (Phi) is 11.6. The molecular formula is C44H29F3I2N8O2. The van der Waals surface area contributed by atoms with E-state index in [4.69, 9.17) is 0 Å². The first-order valence-electron chi connectivity index (χ1n) is 18.0. The van der Waals surface area contributed by atoms with Crippen LogP contribution in [-0.2, 0) is 17.9 Å². The number of fused-ring (bicyclic) bond motifs is 3. The minimum Gasteiger partial charge on any atom is -0.305 e. The van der Waals surface area contributed by atoms with E-state index in [-0.39, 0.29) is 34.1 Å². The number of hydrazone groups is 2. The zero-order chi connectivity index (χ0) is 41.0. The maximum Gasteiger partial charge on any atom is 0.301 e. The molecule has 0 radical (unpaired) electrons. The maximum absolute atomic E-state index is 14.4. The molecule has 0 bridgehead atoms. The molecule has 3 aliphatic heterocycles. The molecule has 6 aromatic rings. The van der Waals surface area contributed by atoms with Gasteiger partial charge in [-0.2, -0.15) is 30.1 Å². The average molecular weight is 1010 g/mol. The highest BCUT2D eigenvalue weighted by atomic mass is 127. The van der Waals surface area contributed by atoms with Crippen molar-refractivity contribution in [2.45, 2.75) is 13.1 Å². The normalized spacial score (nSPS) is 13.2. The van der Waals surface area contributed by atoms with E-state index in [1.54, 1.807) is 28.9 Å². The number of aromatic nitrogens is 4. The van der Waals surface area contributed by atoms with Crippen molar-refractivity contribution in [1.29, 1.82) is 0 Å². The summed E-state index contributed by atoms with van der Waals surface area (Å²) in [5, 5.41) is 19.1. The predicted molar refractivity (Wildman–Crippen MR) is 238 cm³/mol. The van der Waals surface area contributed by atoms with E-state index in [0.29, 0.717) is 18.8 Å². The largest absolute Gasteiger partial charge is 0.305 e. The fourth-order valence-electron chi connectivity index (χ4n) is 6.34. The number of para-hydroxylation sites is 3. The fraction of sp³-hybridized carbons (Fsp3) is 0.0455. The first kappa shape index (κ1) is 39.6. The summed E-state index contributed by atoms with van der Waals surface area (Å²) in [6, 6.07) is 41.4. The highest BCUT2D eigenvalue weighted by Gasteiger charge is 2.36. The summed E-state index contributed by atoms with van der Waals surface area (Å²) in [7, 11) is 0. The lowest BCUT2D eigenvalue weighted by Crippen LogP contribution is -2.30. The van der Waals surface area contributed by atoms with Crippen molar-refractivity contribution >= 4 is 79.1 Å². The van der Waals surface area contributed by atoms with Crippen LogP contribution in [0.4, 0.5) is 18.9 Å². The highest BCUT2D eigenvalue weighted by molar-refractivity contribution is 14.1. The Morgan fingerprint density at radius 2 is 1.19 bits per heavy atom. The van der Waals surface area contributed by atoms with Crippen LogP contribution in [0, 0.1) is 24.6 Å². The van der Waals surface area contributed by atoms with Crippen LogP contribution in [0.25, 0.3) is 28.0 Å². The van der Waals surface area contributed by atoms with Gasteiger partial charge in [-0.3, -0.25) is 14.3 Å². The van der Waals surface area contributed by atoms with E-state index in [9.17, 15) is 22.8 Å². The quantitative estimate of drug-likeness (QED) is 0.121. The molecule has 0 saturated heterocycles. The monoisotopic (exact) mass is 1010 g/mol. The van der Waals surface area contributed by atoms with Gasteiger partial charge in [-0.05, 0) is 123 Å². The SMILES string of the molecule is O=C1/C(=N/NCc2ccc(I)cc2)C(c2ccccc2F)=NN1c1ccccc1F.O=c1c2nn(Cc3ccc(I)cc3)c3ccccc3c-2nn1-c1ccccc1F. The van der Waals surface area contributed by atoms with Gasteiger partial charge in [0.15, 0.2) is 11.4 Å². The van der Waals surface area contributed by atoms with Crippen molar-refractivity contribution in [3.63, 3.8) is 0 Å². The maximum atomic E-state index is 14.4. The molecular weight excluding hydrogens is 983 g/mol. The van der Waals surface area contributed by atoms with Crippen molar-refractivity contribution in [3.8, 4) is 17.1 Å². The van der Waals surface area contributed by atoms with E-state index in [1.165, 1.54) is 48.5 Å². The molecule has 10 nitrogen and oxygen atoms in total. The minimum atomic E-state index is -0.645. The van der Waals surface area contributed by atoms with Gasteiger partial charge in [-0.15, -0.1) is 0 Å². The van der Waals surface area contributed by atoms with Gasteiger partial charge in [0, 0.05) is 18.1 Å². The first-order valence-corrected chi connectivity index (χ1v) is 20.2. The third-order valence-electron chi connectivity index (χ3n) is 9.22. The van der Waals surface area contributed by atoms with Crippen LogP contribution >= 0.6 is 45.2 Å². The van der Waals surface area contributed by atoms with Crippen molar-refractivity contribution in [2.24, 2.45) is 10.2 Å². The average Bonchev–Trinajstić information content (AvgIpc) is 3.75. The second kappa shape index (κ2) is 17.3. The van der Waals surface area contributed by atoms with Gasteiger partial charge < -0.3 is 5.43 Å². The number of nitrogens with zero attached hydrogens (tertiary/aromatic N) is 7. The first-order chi connectivity index (χ1) is 28.7. The smallest absolute Gasteiger partial charge is 0.301 e. The Bertz CT molecular complexity index is 2930. The Labute approximate surface area is 362 Å². The predicted octanol–water partition coefficient (Wildman–Crippen LogP) is 8.95. The van der Waals surface area contributed by atoms with Crippen LogP contribution < -0.4 is 16.0 Å². The number of nitrogens with one attached hydrogen (secondary N) is 1. The number of benzene rings is 6. The fourth-order valence-corrected chi connectivity index (χ4v) is 7.06. The Hall–Kier alpha value is -6.21. The molecule has 1 amide bonds. The van der Waals surface area contributed by atoms with Gasteiger partial charge in [0.05, 0.1) is 18.6 Å². The second-order valence-electron chi connectivity index (χ2n) is 13.1. The van der Waals surface area contributed by atoms with Crippen molar-refractivity contribution in [1.82, 2.24) is 25.0 Å². The molecule has 15 heteroatoms. The van der Waals surface area contributed by atoms with Crippen LogP contribution in [0.3, 0.4) is 0 Å². The van der Waals surface area contributed by atoms with Crippen LogP contribution in [0.1, 0.15) is 16.7 Å². The summed E-state index contributed by atoms with van der Waals surface area (Å²) in [6.07, 6.45) is 0. The summed E-state index contributed by atoms with van der Waals surface area (Å²) in [6.45, 7) is 0.871. The van der Waals surface area contributed by atoms with Crippen LogP contribution in [0.5, 0.6) is 0 Å². The lowest BCUT2D eigenvalue weighted by molar-refractivity contribution is -0.112. The molecule has 0 spiro atoms. The van der Waals surface area contributed by atoms with E-state index < -0.39 is 28.9 Å². The summed E-state index contributed by atoms with van der Waals surface area (Å²) in [5.41, 5.74) is 6.12. The Balaban J connectivity index is 0.000000164. The number of halogens is 5. The molecule has 3 heterocycles. The molecule has 0 saturated carbocycles. The number of amides is 1. The van der Waals surface area contributed by atoms with E-state index >= 15 is 0 Å². The van der Waals surface area contributed by atoms with Gasteiger partial charge in [0.25, 0.3) is 0 Å². The molecule has 292 valence electrons. The molecule has 0 aromatic heterocycles. The number of hydrogen-bond donors (Lipinski definition) is 1. The molecule has 0 atom stereocenters. The molecule has 0 fully saturated rings. The van der Waals surface area contributed by atoms with E-state index in [1.807, 2.05) is 72.8 Å². The van der Waals surface area contributed by atoms with Gasteiger partial charge in [-0.1, -0.05) is 78.9 Å². The molecule has 59 heavy (non-hydrogen) atoms. The Morgan fingerprint density at radius 1 is 0.610 bits per heavy atom. The molecule has 3 aliphatic rings. The highest BCUT2D eigenvalue weighted by Crippen LogP contribution is 2.28. The molecule has 1 N–H and O–H groups in total. The Morgan fingerprint density at radius 3 is 1.85 bits per heavy atom. The molecule has 0 aliphatic carbocycles. The standard InChI is InChI=1S/C22H15F2IN4O.C22H14FIN4O/c23-17-6-2-1-5-16(17)20-21(27-26-13-14-9-11-15(25)12-10-14)22(30)29(28-20)19-8-4-3-7-18(19)24;23-17-6-2-4-8-19(17)28-22(29)21-20(26-28)16-5-1-3-7-18(16)27(25-21)13-14-9-11-15(24)12-10-14/h1-12,26H,13H2;1-12H,13H2/b27-21+;. The number of carbonyl (C=O) groups excluding carboxylic acids is 1. The number of anilines is 1. The number of carbonyl (C=O) groups is 1. The van der Waals surface area contributed by atoms with Gasteiger partial charge >= 0.3 is 11.5 Å². The van der Waals surface area contributed by atoms with Crippen LogP contribution in [-0.4, -0.2) is 36.9 Å². The van der Waals surface area contributed by atoms with Gasteiger partial charge in [-0.25, -0.2) is 13.2 Å². The lowest BCUT2D eigenvalue weighted by Gasteiger charge is -2.12. The summed E-state index contributed by atoms with van der Waals surface area (Å²) in [4.78, 5) is 26.0. The summed E-state index contributed by atoms with van der Waals surface area (Å²) < 4.78 is 48.1. The zero-order valence-electron chi connectivity index (χ0n) is 30.6. The van der Waals surface area contributed by atoms with Crippen molar-refractivity contribution in [3.05, 3.63) is 197 Å². The molecule has 0 unspecified atom stereocenters. The van der Waals surface area contributed by atoms with Gasteiger partial charge in [0.1, 0.15) is 40.2 Å². The van der Waals surface area contributed by atoms with Crippen LogP contribution in [0.15, 0.2) is 161 Å². The molecule has 6 aromatic carbocycles. The lowest BCUT2D eigenvalue weighted by atomic mass is 10.1. The zero-order valence-corrected chi connectivity index (χ0v) is 34.9. The van der Waals surface area contributed by atoms with E-state index in [0.717, 1.165) is 38.9 Å².